The minimum absolute atomic E-state index is 0.0168. The zero-order valence-corrected chi connectivity index (χ0v) is 16.3. The van der Waals surface area contributed by atoms with Crippen molar-refractivity contribution in [1.29, 1.82) is 0 Å². The van der Waals surface area contributed by atoms with Crippen LogP contribution in [0, 0.1) is 6.92 Å². The third-order valence-corrected chi connectivity index (χ3v) is 5.64. The highest BCUT2D eigenvalue weighted by molar-refractivity contribution is 7.19. The van der Waals surface area contributed by atoms with Gasteiger partial charge in [0.15, 0.2) is 5.82 Å². The molecule has 0 atom stereocenters. The summed E-state index contributed by atoms with van der Waals surface area (Å²) in [5, 5.41) is 17.3. The van der Waals surface area contributed by atoms with E-state index in [0.717, 1.165) is 28.8 Å². The Hall–Kier alpha value is -3.53. The highest BCUT2D eigenvalue weighted by Crippen LogP contribution is 2.38. The molecule has 150 valence electrons. The lowest BCUT2D eigenvalue weighted by atomic mass is 10.1. The number of para-hydroxylation sites is 1. The highest BCUT2D eigenvalue weighted by Gasteiger charge is 2.34. The van der Waals surface area contributed by atoms with Crippen molar-refractivity contribution >= 4 is 16.3 Å². The Morgan fingerprint density at radius 2 is 1.63 bits per heavy atom. The molecular weight excluding hydrogens is 413 g/mol. The molecule has 0 fully saturated rings. The predicted octanol–water partition coefficient (Wildman–Crippen LogP) is 5.03. The number of nitrogens with zero attached hydrogens (tertiary/aromatic N) is 6. The van der Waals surface area contributed by atoms with Crippen molar-refractivity contribution in [2.24, 2.45) is 0 Å². The minimum atomic E-state index is -4.47. The van der Waals surface area contributed by atoms with Crippen molar-refractivity contribution in [3.8, 4) is 27.6 Å². The van der Waals surface area contributed by atoms with E-state index in [4.69, 9.17) is 0 Å². The molecule has 6 nitrogen and oxygen atoms in total. The van der Waals surface area contributed by atoms with Crippen molar-refractivity contribution in [2.45, 2.75) is 13.1 Å². The van der Waals surface area contributed by atoms with Crippen LogP contribution in [0.4, 0.5) is 13.2 Å². The molecule has 5 aromatic rings. The number of benzene rings is 2. The van der Waals surface area contributed by atoms with Crippen molar-refractivity contribution in [2.75, 3.05) is 0 Å². The molecule has 0 saturated carbocycles. The Balaban J connectivity index is 1.62. The average Bonchev–Trinajstić information content (AvgIpc) is 3.42. The molecule has 3 heterocycles. The van der Waals surface area contributed by atoms with E-state index in [1.807, 2.05) is 37.3 Å². The van der Waals surface area contributed by atoms with Gasteiger partial charge < -0.3 is 0 Å². The lowest BCUT2D eigenvalue weighted by Crippen LogP contribution is -2.06. The van der Waals surface area contributed by atoms with Gasteiger partial charge in [-0.25, -0.2) is 4.68 Å². The molecule has 0 aliphatic rings. The maximum Gasteiger partial charge on any atom is 0.417 e. The molecular formula is C20H13F3N6S. The molecule has 2 aromatic carbocycles. The Morgan fingerprint density at radius 3 is 2.40 bits per heavy atom. The molecule has 0 bridgehead atoms. The summed E-state index contributed by atoms with van der Waals surface area (Å²) < 4.78 is 43.5. The van der Waals surface area contributed by atoms with Gasteiger partial charge in [0.2, 0.25) is 4.96 Å². The van der Waals surface area contributed by atoms with Gasteiger partial charge in [-0.2, -0.15) is 27.9 Å². The van der Waals surface area contributed by atoms with Crippen molar-refractivity contribution < 1.29 is 13.2 Å². The van der Waals surface area contributed by atoms with Crippen molar-refractivity contribution in [3.63, 3.8) is 0 Å². The number of fused-ring (bicyclic) bond motifs is 1. The summed E-state index contributed by atoms with van der Waals surface area (Å²) in [6.45, 7) is 1.89. The Labute approximate surface area is 172 Å². The third kappa shape index (κ3) is 2.96. The first-order valence-electron chi connectivity index (χ1n) is 8.93. The van der Waals surface area contributed by atoms with Gasteiger partial charge in [0.25, 0.3) is 0 Å². The summed E-state index contributed by atoms with van der Waals surface area (Å²) in [6.07, 6.45) is -2.82. The number of halogens is 3. The Morgan fingerprint density at radius 1 is 0.900 bits per heavy atom. The van der Waals surface area contributed by atoms with Gasteiger partial charge in [0, 0.05) is 5.56 Å². The first-order valence-corrected chi connectivity index (χ1v) is 9.74. The normalized spacial score (nSPS) is 12.0. The molecule has 0 saturated heterocycles. The van der Waals surface area contributed by atoms with E-state index in [1.54, 1.807) is 16.9 Å². The number of aromatic nitrogens is 6. The van der Waals surface area contributed by atoms with E-state index in [1.165, 1.54) is 16.6 Å². The van der Waals surface area contributed by atoms with Gasteiger partial charge in [-0.1, -0.05) is 47.7 Å². The summed E-state index contributed by atoms with van der Waals surface area (Å²) in [5.41, 5.74) is 1.70. The molecule has 0 aliphatic carbocycles. The van der Waals surface area contributed by atoms with Crippen LogP contribution in [-0.4, -0.2) is 29.6 Å². The molecule has 3 aromatic heterocycles. The second-order valence-corrected chi connectivity index (χ2v) is 7.52. The molecule has 0 N–H and O–H groups in total. The molecule has 10 heteroatoms. The first kappa shape index (κ1) is 18.5. The van der Waals surface area contributed by atoms with E-state index in [-0.39, 0.29) is 10.6 Å². The molecule has 0 amide bonds. The van der Waals surface area contributed by atoms with Crippen LogP contribution >= 0.6 is 11.3 Å². The number of rotatable bonds is 3. The second kappa shape index (κ2) is 6.77. The standard InChI is InChI=1S/C20H13F3N6S/c1-12-15(11-24-28(12)13-7-3-2-4-8-13)17-25-26-19-29(17)27-18(30-19)14-9-5-6-10-16(14)20(21,22)23/h2-11H,1H3. The number of alkyl halides is 3. The number of hydrogen-bond acceptors (Lipinski definition) is 5. The molecule has 5 rings (SSSR count). The lowest BCUT2D eigenvalue weighted by Gasteiger charge is -2.10. The fraction of sp³-hybridized carbons (Fsp3) is 0.100. The van der Waals surface area contributed by atoms with Gasteiger partial charge in [-0.15, -0.1) is 10.2 Å². The summed E-state index contributed by atoms with van der Waals surface area (Å²) in [4.78, 5) is 0.406. The summed E-state index contributed by atoms with van der Waals surface area (Å²) in [6, 6.07) is 15.0. The Kier molecular flexibility index (Phi) is 4.17. The lowest BCUT2D eigenvalue weighted by molar-refractivity contribution is -0.137. The molecule has 0 radical (unpaired) electrons. The van der Waals surface area contributed by atoms with E-state index in [0.29, 0.717) is 16.3 Å². The predicted molar refractivity (Wildman–Crippen MR) is 106 cm³/mol. The van der Waals surface area contributed by atoms with Crippen LogP contribution in [0.25, 0.3) is 32.6 Å². The van der Waals surface area contributed by atoms with Gasteiger partial charge in [0.05, 0.1) is 28.7 Å². The SMILES string of the molecule is Cc1c(-c2nnc3sc(-c4ccccc4C(F)(F)F)nn23)cnn1-c1ccccc1. The largest absolute Gasteiger partial charge is 0.417 e. The van der Waals surface area contributed by atoms with Gasteiger partial charge in [-0.05, 0) is 25.1 Å². The Bertz CT molecular complexity index is 1350. The molecule has 30 heavy (non-hydrogen) atoms. The van der Waals surface area contributed by atoms with Gasteiger partial charge in [-0.3, -0.25) is 0 Å². The maximum absolute atomic E-state index is 13.4. The second-order valence-electron chi connectivity index (χ2n) is 6.56. The van der Waals surface area contributed by atoms with Crippen LogP contribution < -0.4 is 0 Å². The molecule has 0 spiro atoms. The van der Waals surface area contributed by atoms with E-state index in [9.17, 15) is 13.2 Å². The van der Waals surface area contributed by atoms with Gasteiger partial charge in [0.1, 0.15) is 5.01 Å². The zero-order chi connectivity index (χ0) is 20.9. The average molecular weight is 426 g/mol. The minimum Gasteiger partial charge on any atom is -0.237 e. The highest BCUT2D eigenvalue weighted by atomic mass is 32.1. The third-order valence-electron chi connectivity index (χ3n) is 4.71. The van der Waals surface area contributed by atoms with Crippen LogP contribution in [0.1, 0.15) is 11.3 Å². The fourth-order valence-electron chi connectivity index (χ4n) is 3.27. The van der Waals surface area contributed by atoms with Gasteiger partial charge >= 0.3 is 6.18 Å². The van der Waals surface area contributed by atoms with E-state index in [2.05, 4.69) is 20.4 Å². The van der Waals surface area contributed by atoms with E-state index < -0.39 is 11.7 Å². The zero-order valence-electron chi connectivity index (χ0n) is 15.5. The smallest absolute Gasteiger partial charge is 0.237 e. The van der Waals surface area contributed by atoms with Crippen LogP contribution in [0.3, 0.4) is 0 Å². The van der Waals surface area contributed by atoms with Crippen LogP contribution in [-0.2, 0) is 6.18 Å². The fourth-order valence-corrected chi connectivity index (χ4v) is 4.15. The van der Waals surface area contributed by atoms with Crippen molar-refractivity contribution in [1.82, 2.24) is 29.6 Å². The first-order chi connectivity index (χ1) is 14.4. The molecule has 0 aliphatic heterocycles. The van der Waals surface area contributed by atoms with Crippen LogP contribution in [0.5, 0.6) is 0 Å². The quantitative estimate of drug-likeness (QED) is 0.406. The monoisotopic (exact) mass is 426 g/mol. The topological polar surface area (TPSA) is 60.9 Å². The summed E-state index contributed by atoms with van der Waals surface area (Å²) in [7, 11) is 0. The number of hydrogen-bond donors (Lipinski definition) is 0. The molecule has 0 unspecified atom stereocenters. The van der Waals surface area contributed by atoms with Crippen LogP contribution in [0.2, 0.25) is 0 Å². The van der Waals surface area contributed by atoms with E-state index >= 15 is 0 Å². The van der Waals surface area contributed by atoms with Crippen LogP contribution in [0.15, 0.2) is 60.8 Å². The summed E-state index contributed by atoms with van der Waals surface area (Å²) in [5.74, 6) is 0.427. The maximum atomic E-state index is 13.4. The van der Waals surface area contributed by atoms with Crippen molar-refractivity contribution in [3.05, 3.63) is 72.1 Å². The summed E-state index contributed by atoms with van der Waals surface area (Å²) >= 11 is 1.06.